The smallest absolute Gasteiger partial charge is 0.309 e. The van der Waals surface area contributed by atoms with Crippen LogP contribution in [0.5, 0.6) is 0 Å². The summed E-state index contributed by atoms with van der Waals surface area (Å²) in [6.45, 7) is 2.11. The van der Waals surface area contributed by atoms with Gasteiger partial charge in [0.2, 0.25) is 0 Å². The van der Waals surface area contributed by atoms with E-state index in [4.69, 9.17) is 5.26 Å². The monoisotopic (exact) mass is 263 g/mol. The van der Waals surface area contributed by atoms with Gasteiger partial charge >= 0.3 is 6.18 Å². The number of piperidine rings is 1. The molecule has 3 nitrogen and oxygen atoms in total. The Labute approximate surface area is 106 Å². The Morgan fingerprint density at radius 2 is 1.89 bits per heavy atom. The molecule has 1 aliphatic rings. The van der Waals surface area contributed by atoms with Crippen LogP contribution in [0.25, 0.3) is 0 Å². The Morgan fingerprint density at radius 1 is 1.33 bits per heavy atom. The first-order chi connectivity index (χ1) is 8.32. The fraction of sp³-hybridized carbons (Fsp3) is 0.917. The van der Waals surface area contributed by atoms with Crippen LogP contribution in [0, 0.1) is 23.2 Å². The number of alkyl halides is 3. The molecule has 6 heteroatoms. The lowest BCUT2D eigenvalue weighted by molar-refractivity contribution is -0.163. The molecule has 0 N–H and O–H groups in total. The molecule has 1 unspecified atom stereocenters. The maximum atomic E-state index is 12.5. The predicted octanol–water partition coefficient (Wildman–Crippen LogP) is 1.96. The molecule has 0 bridgehead atoms. The zero-order valence-corrected chi connectivity index (χ0v) is 10.9. The van der Waals surface area contributed by atoms with Crippen molar-refractivity contribution in [3.63, 3.8) is 0 Å². The summed E-state index contributed by atoms with van der Waals surface area (Å²) in [4.78, 5) is 3.86. The molecule has 0 radical (unpaired) electrons. The van der Waals surface area contributed by atoms with Crippen LogP contribution < -0.4 is 0 Å². The lowest BCUT2D eigenvalue weighted by Gasteiger charge is -2.34. The molecule has 1 saturated heterocycles. The highest BCUT2D eigenvalue weighted by Crippen LogP contribution is 2.28. The van der Waals surface area contributed by atoms with Gasteiger partial charge in [0, 0.05) is 13.1 Å². The fourth-order valence-electron chi connectivity index (χ4n) is 2.34. The van der Waals surface area contributed by atoms with Crippen molar-refractivity contribution in [3.05, 3.63) is 0 Å². The van der Waals surface area contributed by atoms with Gasteiger partial charge in [-0.15, -0.1) is 0 Å². The molecule has 0 saturated carbocycles. The Bertz CT molecular complexity index is 288. The third kappa shape index (κ3) is 4.83. The highest BCUT2D eigenvalue weighted by Gasteiger charge is 2.41. The number of hydrogen-bond donors (Lipinski definition) is 0. The van der Waals surface area contributed by atoms with Crippen LogP contribution >= 0.6 is 0 Å². The zero-order valence-electron chi connectivity index (χ0n) is 10.9. The topological polar surface area (TPSA) is 30.3 Å². The van der Waals surface area contributed by atoms with E-state index in [-0.39, 0.29) is 6.54 Å². The summed E-state index contributed by atoms with van der Waals surface area (Å²) >= 11 is 0. The second-order valence-corrected chi connectivity index (χ2v) is 5.23. The SMILES string of the molecule is CN(C)CC1CCN(CC(C#N)C(F)(F)F)CC1. The molecule has 1 atom stereocenters. The number of rotatable bonds is 4. The third-order valence-corrected chi connectivity index (χ3v) is 3.32. The molecule has 1 rings (SSSR count). The summed E-state index contributed by atoms with van der Waals surface area (Å²) < 4.78 is 37.4. The molecule has 1 fully saturated rings. The van der Waals surface area contributed by atoms with E-state index < -0.39 is 12.1 Å². The normalized spacial score (nSPS) is 20.9. The molecule has 0 aromatic rings. The van der Waals surface area contributed by atoms with Gasteiger partial charge in [-0.1, -0.05) is 0 Å². The maximum Gasteiger partial charge on any atom is 0.405 e. The van der Waals surface area contributed by atoms with Crippen molar-refractivity contribution in [2.75, 3.05) is 40.3 Å². The van der Waals surface area contributed by atoms with Crippen LogP contribution in [-0.2, 0) is 0 Å². The lowest BCUT2D eigenvalue weighted by atomic mass is 9.95. The summed E-state index contributed by atoms with van der Waals surface area (Å²) in [7, 11) is 4.00. The first-order valence-corrected chi connectivity index (χ1v) is 6.16. The number of nitriles is 1. The van der Waals surface area contributed by atoms with Gasteiger partial charge in [0.25, 0.3) is 0 Å². The lowest BCUT2D eigenvalue weighted by Crippen LogP contribution is -2.42. The quantitative estimate of drug-likeness (QED) is 0.776. The van der Waals surface area contributed by atoms with E-state index in [0.717, 1.165) is 19.4 Å². The standard InChI is InChI=1S/C12H20F3N3/c1-17(2)8-10-3-5-18(6-4-10)9-11(7-16)12(13,14)15/h10-11H,3-6,8-9H2,1-2H3. The highest BCUT2D eigenvalue weighted by molar-refractivity contribution is 4.91. The molecule has 1 heterocycles. The molecule has 0 spiro atoms. The minimum absolute atomic E-state index is 0.186. The summed E-state index contributed by atoms with van der Waals surface area (Å²) in [6.07, 6.45) is -2.59. The number of halogens is 3. The Hall–Kier alpha value is -0.800. The van der Waals surface area contributed by atoms with E-state index in [1.165, 1.54) is 6.07 Å². The molecule has 0 amide bonds. The van der Waals surface area contributed by atoms with Gasteiger partial charge in [-0.05, 0) is 45.9 Å². The summed E-state index contributed by atoms with van der Waals surface area (Å²) in [5, 5.41) is 8.56. The number of likely N-dealkylation sites (tertiary alicyclic amines) is 1. The second kappa shape index (κ2) is 6.39. The van der Waals surface area contributed by atoms with Gasteiger partial charge in [0.05, 0.1) is 6.07 Å². The predicted molar refractivity (Wildman–Crippen MR) is 62.9 cm³/mol. The third-order valence-electron chi connectivity index (χ3n) is 3.32. The van der Waals surface area contributed by atoms with Crippen molar-refractivity contribution < 1.29 is 13.2 Å². The van der Waals surface area contributed by atoms with Gasteiger partial charge in [-0.3, -0.25) is 0 Å². The molecular weight excluding hydrogens is 243 g/mol. The minimum atomic E-state index is -4.41. The summed E-state index contributed by atoms with van der Waals surface area (Å²) in [6, 6.07) is 1.36. The average molecular weight is 263 g/mol. The van der Waals surface area contributed by atoms with Crippen molar-refractivity contribution in [3.8, 4) is 6.07 Å². The van der Waals surface area contributed by atoms with Crippen LogP contribution in [0.15, 0.2) is 0 Å². The van der Waals surface area contributed by atoms with E-state index in [1.807, 2.05) is 14.1 Å². The Balaban J connectivity index is 2.37. The van der Waals surface area contributed by atoms with Crippen LogP contribution in [0.2, 0.25) is 0 Å². The van der Waals surface area contributed by atoms with E-state index in [9.17, 15) is 13.2 Å². The highest BCUT2D eigenvalue weighted by atomic mass is 19.4. The fourth-order valence-corrected chi connectivity index (χ4v) is 2.34. The molecular formula is C12H20F3N3. The van der Waals surface area contributed by atoms with E-state index >= 15 is 0 Å². The van der Waals surface area contributed by atoms with Crippen molar-refractivity contribution in [1.29, 1.82) is 5.26 Å². The minimum Gasteiger partial charge on any atom is -0.309 e. The van der Waals surface area contributed by atoms with Gasteiger partial charge < -0.3 is 9.80 Å². The maximum absolute atomic E-state index is 12.5. The van der Waals surface area contributed by atoms with Gasteiger partial charge in [0.15, 0.2) is 5.92 Å². The second-order valence-electron chi connectivity index (χ2n) is 5.23. The molecule has 104 valence electrons. The van der Waals surface area contributed by atoms with Gasteiger partial charge in [-0.2, -0.15) is 18.4 Å². The Kier molecular flexibility index (Phi) is 5.42. The van der Waals surface area contributed by atoms with Crippen molar-refractivity contribution in [1.82, 2.24) is 9.80 Å². The van der Waals surface area contributed by atoms with Crippen LogP contribution in [0.3, 0.4) is 0 Å². The van der Waals surface area contributed by atoms with Gasteiger partial charge in [0.1, 0.15) is 0 Å². The van der Waals surface area contributed by atoms with E-state index in [0.29, 0.717) is 19.0 Å². The van der Waals surface area contributed by atoms with E-state index in [1.54, 1.807) is 4.90 Å². The van der Waals surface area contributed by atoms with Crippen LogP contribution in [0.4, 0.5) is 13.2 Å². The zero-order chi connectivity index (χ0) is 13.8. The molecule has 0 aliphatic carbocycles. The molecule has 18 heavy (non-hydrogen) atoms. The van der Waals surface area contributed by atoms with Crippen LogP contribution in [0.1, 0.15) is 12.8 Å². The largest absolute Gasteiger partial charge is 0.405 e. The van der Waals surface area contributed by atoms with Gasteiger partial charge in [-0.25, -0.2) is 0 Å². The number of nitrogens with zero attached hydrogens (tertiary/aromatic N) is 3. The van der Waals surface area contributed by atoms with Crippen molar-refractivity contribution in [2.45, 2.75) is 19.0 Å². The summed E-state index contributed by atoms with van der Waals surface area (Å²) in [5.41, 5.74) is 0. The average Bonchev–Trinajstić information content (AvgIpc) is 2.25. The first-order valence-electron chi connectivity index (χ1n) is 6.16. The molecule has 0 aromatic carbocycles. The van der Waals surface area contributed by atoms with Crippen molar-refractivity contribution in [2.24, 2.45) is 11.8 Å². The van der Waals surface area contributed by atoms with Crippen molar-refractivity contribution >= 4 is 0 Å². The first kappa shape index (κ1) is 15.3. The summed E-state index contributed by atoms with van der Waals surface area (Å²) in [5.74, 6) is -1.30. The molecule has 0 aromatic heterocycles. The van der Waals surface area contributed by atoms with E-state index in [2.05, 4.69) is 4.90 Å². The number of hydrogen-bond acceptors (Lipinski definition) is 3. The van der Waals surface area contributed by atoms with Crippen LogP contribution in [-0.4, -0.2) is 56.3 Å². The molecule has 1 aliphatic heterocycles. The Morgan fingerprint density at radius 3 is 2.28 bits per heavy atom.